The van der Waals surface area contributed by atoms with Crippen LogP contribution < -0.4 is 5.73 Å². The van der Waals surface area contributed by atoms with Gasteiger partial charge in [0, 0.05) is 4.47 Å². The van der Waals surface area contributed by atoms with E-state index in [2.05, 4.69) is 35.5 Å². The summed E-state index contributed by atoms with van der Waals surface area (Å²) in [6.07, 6.45) is 0. The van der Waals surface area contributed by atoms with Gasteiger partial charge in [0.05, 0.1) is 6.54 Å². The Bertz CT molecular complexity index is 392. The lowest BCUT2D eigenvalue weighted by molar-refractivity contribution is -0.135. The second-order valence-electron chi connectivity index (χ2n) is 3.91. The summed E-state index contributed by atoms with van der Waals surface area (Å²) in [6, 6.07) is 3.77. The van der Waals surface area contributed by atoms with Crippen LogP contribution in [-0.2, 0) is 4.79 Å². The van der Waals surface area contributed by atoms with Crippen molar-refractivity contribution >= 4 is 21.9 Å². The van der Waals surface area contributed by atoms with Crippen molar-refractivity contribution in [3.05, 3.63) is 27.7 Å². The number of aliphatic carboxylic acids is 1. The Balaban J connectivity index is 0.000000437. The zero-order valence-corrected chi connectivity index (χ0v) is 11.8. The molecule has 0 aliphatic carbocycles. The third-order valence-electron chi connectivity index (χ3n) is 2.10. The van der Waals surface area contributed by atoms with E-state index in [1.54, 1.807) is 6.07 Å². The molecule has 0 saturated carbocycles. The number of rotatable bonds is 2. The maximum Gasteiger partial charge on any atom is 0.317 e. The number of aryl methyl sites for hydroxylation is 1. The number of halogens is 1. The Morgan fingerprint density at radius 1 is 1.47 bits per heavy atom. The molecule has 5 heteroatoms. The number of benzene rings is 1. The number of carboxylic acids is 1. The zero-order valence-electron chi connectivity index (χ0n) is 10.2. The van der Waals surface area contributed by atoms with Crippen LogP contribution in [0.4, 0.5) is 0 Å². The third kappa shape index (κ3) is 5.70. The lowest BCUT2D eigenvalue weighted by atomic mass is 10.0. The van der Waals surface area contributed by atoms with E-state index in [4.69, 9.17) is 5.11 Å². The van der Waals surface area contributed by atoms with E-state index in [9.17, 15) is 9.90 Å². The van der Waals surface area contributed by atoms with Gasteiger partial charge in [-0.2, -0.15) is 0 Å². The predicted octanol–water partition coefficient (Wildman–Crippen LogP) is 2.62. The van der Waals surface area contributed by atoms with E-state index >= 15 is 0 Å². The van der Waals surface area contributed by atoms with Gasteiger partial charge in [0.2, 0.25) is 0 Å². The molecular weight excluding hydrogens is 286 g/mol. The van der Waals surface area contributed by atoms with Crippen molar-refractivity contribution in [2.24, 2.45) is 5.73 Å². The van der Waals surface area contributed by atoms with E-state index in [1.807, 2.05) is 13.0 Å². The van der Waals surface area contributed by atoms with E-state index in [1.165, 1.54) is 0 Å². The molecule has 0 aliphatic rings. The van der Waals surface area contributed by atoms with E-state index in [0.717, 1.165) is 15.6 Å². The number of nitrogens with two attached hydrogens (primary N) is 1. The van der Waals surface area contributed by atoms with Crippen molar-refractivity contribution in [2.45, 2.75) is 26.7 Å². The summed E-state index contributed by atoms with van der Waals surface area (Å²) in [5.74, 6) is -0.211. The molecule has 1 aromatic carbocycles. The number of phenols is 1. The molecule has 0 heterocycles. The summed E-state index contributed by atoms with van der Waals surface area (Å²) in [6.45, 7) is 5.82. The predicted molar refractivity (Wildman–Crippen MR) is 71.3 cm³/mol. The summed E-state index contributed by atoms with van der Waals surface area (Å²) < 4.78 is 1.06. The van der Waals surface area contributed by atoms with Crippen LogP contribution in [0.1, 0.15) is 30.9 Å². The minimum absolute atomic E-state index is 0.278. The first-order valence-electron chi connectivity index (χ1n) is 5.20. The highest BCUT2D eigenvalue weighted by Crippen LogP contribution is 2.30. The van der Waals surface area contributed by atoms with Gasteiger partial charge in [-0.1, -0.05) is 29.8 Å². The smallest absolute Gasteiger partial charge is 0.317 e. The summed E-state index contributed by atoms with van der Waals surface area (Å²) in [4.78, 5) is 9.24. The molecule has 0 radical (unpaired) electrons. The van der Waals surface area contributed by atoms with Crippen molar-refractivity contribution < 1.29 is 15.0 Å². The van der Waals surface area contributed by atoms with E-state index in [0.29, 0.717) is 11.7 Å². The van der Waals surface area contributed by atoms with Gasteiger partial charge < -0.3 is 15.9 Å². The first-order chi connectivity index (χ1) is 7.79. The van der Waals surface area contributed by atoms with Gasteiger partial charge in [-0.3, -0.25) is 4.79 Å². The Labute approximate surface area is 110 Å². The quantitative estimate of drug-likeness (QED) is 0.784. The van der Waals surface area contributed by atoms with Crippen LogP contribution >= 0.6 is 15.9 Å². The zero-order chi connectivity index (χ0) is 13.6. The average molecular weight is 304 g/mol. The number of phenolic OH excluding ortho intramolecular Hbond substituents is 1. The molecule has 0 amide bonds. The molecule has 0 saturated heterocycles. The van der Waals surface area contributed by atoms with Crippen LogP contribution in [-0.4, -0.2) is 22.7 Å². The molecule has 0 bridgehead atoms. The molecule has 96 valence electrons. The van der Waals surface area contributed by atoms with Gasteiger partial charge in [0.25, 0.3) is 0 Å². The molecule has 0 aromatic heterocycles. The van der Waals surface area contributed by atoms with E-state index < -0.39 is 5.97 Å². The number of aromatic hydroxyl groups is 1. The molecule has 0 aliphatic heterocycles. The molecule has 1 rings (SSSR count). The standard InChI is InChI=1S/C10H13BrO.C2H5NO2/c1-6(2)8-5-9(11)7(3)4-10(8)12;3-1-2(4)5/h4-6,12H,1-3H3;1,3H2,(H,4,5). The van der Waals surface area contributed by atoms with Crippen molar-refractivity contribution in [1.29, 1.82) is 0 Å². The summed E-state index contributed by atoms with van der Waals surface area (Å²) >= 11 is 3.44. The minimum Gasteiger partial charge on any atom is -0.508 e. The molecule has 17 heavy (non-hydrogen) atoms. The number of hydrogen-bond donors (Lipinski definition) is 3. The summed E-state index contributed by atoms with van der Waals surface area (Å²) in [7, 11) is 0. The van der Waals surface area contributed by atoms with Crippen LogP contribution in [0.25, 0.3) is 0 Å². The fourth-order valence-corrected chi connectivity index (χ4v) is 1.51. The topological polar surface area (TPSA) is 83.5 Å². The van der Waals surface area contributed by atoms with Crippen LogP contribution in [0, 0.1) is 6.92 Å². The Hall–Kier alpha value is -1.07. The molecule has 0 unspecified atom stereocenters. The van der Waals surface area contributed by atoms with E-state index in [-0.39, 0.29) is 6.54 Å². The maximum atomic E-state index is 9.57. The van der Waals surface area contributed by atoms with Gasteiger partial charge in [0.1, 0.15) is 5.75 Å². The summed E-state index contributed by atoms with van der Waals surface area (Å²) in [5, 5.41) is 17.2. The molecule has 0 spiro atoms. The van der Waals surface area contributed by atoms with Gasteiger partial charge in [-0.25, -0.2) is 0 Å². The van der Waals surface area contributed by atoms with Crippen molar-refractivity contribution in [1.82, 2.24) is 0 Å². The molecule has 0 atom stereocenters. The van der Waals surface area contributed by atoms with Crippen LogP contribution in [0.3, 0.4) is 0 Å². The highest BCUT2D eigenvalue weighted by molar-refractivity contribution is 9.10. The normalized spacial score (nSPS) is 9.76. The largest absolute Gasteiger partial charge is 0.508 e. The number of carboxylic acid groups (broad SMARTS) is 1. The maximum absolute atomic E-state index is 9.57. The lowest BCUT2D eigenvalue weighted by Crippen LogP contribution is -2.10. The first-order valence-corrected chi connectivity index (χ1v) is 5.99. The van der Waals surface area contributed by atoms with Crippen molar-refractivity contribution in [3.8, 4) is 5.75 Å². The fraction of sp³-hybridized carbons (Fsp3) is 0.417. The van der Waals surface area contributed by atoms with Crippen LogP contribution in [0.2, 0.25) is 0 Å². The number of hydrogen-bond acceptors (Lipinski definition) is 3. The van der Waals surface area contributed by atoms with Gasteiger partial charge in [-0.15, -0.1) is 0 Å². The summed E-state index contributed by atoms with van der Waals surface area (Å²) in [5.41, 5.74) is 6.63. The highest BCUT2D eigenvalue weighted by atomic mass is 79.9. The lowest BCUT2D eigenvalue weighted by Gasteiger charge is -2.10. The highest BCUT2D eigenvalue weighted by Gasteiger charge is 2.07. The second kappa shape index (κ2) is 7.29. The molecule has 4 N–H and O–H groups in total. The molecule has 0 fully saturated rings. The second-order valence-corrected chi connectivity index (χ2v) is 4.77. The van der Waals surface area contributed by atoms with Gasteiger partial charge in [0.15, 0.2) is 0 Å². The first kappa shape index (κ1) is 15.9. The van der Waals surface area contributed by atoms with Crippen molar-refractivity contribution in [2.75, 3.05) is 6.54 Å². The third-order valence-corrected chi connectivity index (χ3v) is 2.96. The Kier molecular flexibility index (Phi) is 6.83. The SMILES string of the molecule is Cc1cc(O)c(C(C)C)cc1Br.NCC(=O)O. The van der Waals surface area contributed by atoms with Crippen LogP contribution in [0.15, 0.2) is 16.6 Å². The molecule has 4 nitrogen and oxygen atoms in total. The molecular formula is C12H18BrNO3. The minimum atomic E-state index is -0.968. The number of carbonyl (C=O) groups is 1. The Morgan fingerprint density at radius 2 is 1.94 bits per heavy atom. The van der Waals surface area contributed by atoms with Gasteiger partial charge in [-0.05, 0) is 36.1 Å². The fourth-order valence-electron chi connectivity index (χ4n) is 1.14. The Morgan fingerprint density at radius 3 is 2.29 bits per heavy atom. The average Bonchev–Trinajstić information content (AvgIpc) is 2.23. The molecule has 1 aromatic rings. The van der Waals surface area contributed by atoms with Crippen LogP contribution in [0.5, 0.6) is 5.75 Å². The van der Waals surface area contributed by atoms with Gasteiger partial charge >= 0.3 is 5.97 Å². The van der Waals surface area contributed by atoms with Crippen molar-refractivity contribution in [3.63, 3.8) is 0 Å². The monoisotopic (exact) mass is 303 g/mol.